The number of hydrogen-bond acceptors (Lipinski definition) is 7. The van der Waals surface area contributed by atoms with Gasteiger partial charge in [0.15, 0.2) is 0 Å². The third kappa shape index (κ3) is 5.81. The molecule has 1 fully saturated rings. The van der Waals surface area contributed by atoms with Gasteiger partial charge in [-0.1, -0.05) is 36.9 Å². The lowest BCUT2D eigenvalue weighted by Gasteiger charge is -2.32. The molecule has 9 heteroatoms. The molecule has 3 heterocycles. The maximum Gasteiger partial charge on any atom is 0.248 e. The first-order valence-corrected chi connectivity index (χ1v) is 14.0. The summed E-state index contributed by atoms with van der Waals surface area (Å²) in [6, 6.07) is 12.4. The number of nitrogens with one attached hydrogen (secondary N) is 3. The molecule has 3 aromatic rings. The van der Waals surface area contributed by atoms with Crippen LogP contribution in [0.1, 0.15) is 60.4 Å². The van der Waals surface area contributed by atoms with Crippen LogP contribution in [-0.2, 0) is 26.3 Å². The summed E-state index contributed by atoms with van der Waals surface area (Å²) in [4.78, 5) is 35.8. The highest BCUT2D eigenvalue weighted by atomic mass is 16.5. The van der Waals surface area contributed by atoms with Gasteiger partial charge in [0.1, 0.15) is 12.4 Å². The van der Waals surface area contributed by atoms with Gasteiger partial charge in [0.05, 0.1) is 5.41 Å². The second-order valence-corrected chi connectivity index (χ2v) is 11.3. The van der Waals surface area contributed by atoms with Crippen LogP contribution in [0.5, 0.6) is 0 Å². The number of fused-ring (bicyclic) bond motifs is 1. The summed E-state index contributed by atoms with van der Waals surface area (Å²) in [6.45, 7) is 12.0. The smallest absolute Gasteiger partial charge is 0.248 e. The lowest BCUT2D eigenvalue weighted by molar-refractivity contribution is -0.136. The van der Waals surface area contributed by atoms with Crippen LogP contribution in [0.25, 0.3) is 6.08 Å². The largest absolute Gasteiger partial charge is 0.375 e. The molecule has 2 amide bonds. The van der Waals surface area contributed by atoms with E-state index < -0.39 is 5.41 Å². The highest BCUT2D eigenvalue weighted by Crippen LogP contribution is 2.40. The molecule has 0 aliphatic carbocycles. The maximum atomic E-state index is 12.5. The van der Waals surface area contributed by atoms with Crippen molar-refractivity contribution in [1.29, 1.82) is 0 Å². The average molecular weight is 555 g/mol. The van der Waals surface area contributed by atoms with E-state index in [4.69, 9.17) is 9.72 Å². The number of aromatic nitrogens is 2. The minimum Gasteiger partial charge on any atom is -0.375 e. The Balaban J connectivity index is 1.27. The molecule has 1 aromatic heterocycles. The molecule has 0 saturated carbocycles. The van der Waals surface area contributed by atoms with Gasteiger partial charge in [-0.25, -0.2) is 4.98 Å². The van der Waals surface area contributed by atoms with Crippen LogP contribution in [0, 0.1) is 6.92 Å². The molecule has 0 unspecified atom stereocenters. The number of rotatable bonds is 9. The predicted molar refractivity (Wildman–Crippen MR) is 162 cm³/mol. The van der Waals surface area contributed by atoms with Gasteiger partial charge in [-0.3, -0.25) is 9.59 Å². The van der Waals surface area contributed by atoms with Gasteiger partial charge >= 0.3 is 0 Å². The number of hydrogen-bond donors (Lipinski definition) is 3. The van der Waals surface area contributed by atoms with Crippen LogP contribution in [0.15, 0.2) is 49.2 Å². The van der Waals surface area contributed by atoms with Crippen molar-refractivity contribution in [2.75, 3.05) is 42.8 Å². The number of nitrogens with zero attached hydrogens (tertiary/aromatic N) is 3. The zero-order chi connectivity index (χ0) is 29.1. The van der Waals surface area contributed by atoms with E-state index in [0.29, 0.717) is 24.2 Å². The summed E-state index contributed by atoms with van der Waals surface area (Å²) in [5.41, 5.74) is 6.41. The van der Waals surface area contributed by atoms with E-state index in [1.54, 1.807) is 19.4 Å². The number of aryl methyl sites for hydroxylation is 1. The first-order valence-electron chi connectivity index (χ1n) is 14.0. The van der Waals surface area contributed by atoms with Crippen molar-refractivity contribution in [2.45, 2.75) is 51.5 Å². The van der Waals surface area contributed by atoms with Gasteiger partial charge < -0.3 is 25.6 Å². The van der Waals surface area contributed by atoms with Gasteiger partial charge in [-0.15, -0.1) is 0 Å². The van der Waals surface area contributed by atoms with Crippen molar-refractivity contribution < 1.29 is 14.3 Å². The monoisotopic (exact) mass is 554 g/mol. The van der Waals surface area contributed by atoms with Crippen LogP contribution in [0.3, 0.4) is 0 Å². The third-order valence-electron chi connectivity index (χ3n) is 8.16. The van der Waals surface area contributed by atoms with Crippen molar-refractivity contribution in [3.05, 3.63) is 77.0 Å². The fraction of sp³-hybridized carbons (Fsp3) is 0.375. The molecule has 0 radical (unpaired) electrons. The summed E-state index contributed by atoms with van der Waals surface area (Å²) in [7, 11) is 1.55. The van der Waals surface area contributed by atoms with Crippen molar-refractivity contribution in [3.8, 4) is 0 Å². The summed E-state index contributed by atoms with van der Waals surface area (Å²) in [6.07, 6.45) is 5.35. The van der Waals surface area contributed by atoms with E-state index in [2.05, 4.69) is 52.6 Å². The number of benzene rings is 2. The fourth-order valence-electron chi connectivity index (χ4n) is 5.78. The number of ether oxygens (including phenoxy) is 1. The maximum absolute atomic E-state index is 12.5. The Labute approximate surface area is 241 Å². The van der Waals surface area contributed by atoms with E-state index in [1.165, 1.54) is 5.56 Å². The van der Waals surface area contributed by atoms with Crippen molar-refractivity contribution >= 4 is 41.0 Å². The van der Waals surface area contributed by atoms with Crippen molar-refractivity contribution in [3.63, 3.8) is 0 Å². The molecule has 2 aliphatic rings. The van der Waals surface area contributed by atoms with Crippen LogP contribution in [0.2, 0.25) is 0 Å². The van der Waals surface area contributed by atoms with Gasteiger partial charge in [0.25, 0.3) is 0 Å². The number of methoxy groups -OCH3 is 1. The predicted octanol–water partition coefficient (Wildman–Crippen LogP) is 5.37. The van der Waals surface area contributed by atoms with Crippen LogP contribution < -0.4 is 16.0 Å². The molecule has 0 atom stereocenters. The molecule has 41 heavy (non-hydrogen) atoms. The first-order chi connectivity index (χ1) is 19.7. The standard InChI is InChI=1S/C32H38N6O3/c1-6-21-17-34-31(37-29(21)33-18-24-8-7-9-26-28(24)32(3,4)30(40)35-26)36-25-11-10-23(16-20(25)2)22-12-14-38(15-13-22)27(39)19-41-5/h6-11,16-17,22H,1,12-15,18-19H2,2-5H3,(H,35,40)(H2,33,34,36,37). The SMILES string of the molecule is C=Cc1cnc(Nc2ccc(C3CCN(C(=O)COC)CC3)cc2C)nc1NCc1cccc2c1C(C)(C)C(=O)N2. The van der Waals surface area contributed by atoms with E-state index >= 15 is 0 Å². The van der Waals surface area contributed by atoms with E-state index in [1.807, 2.05) is 36.9 Å². The minimum absolute atomic E-state index is 0.00396. The first kappa shape index (κ1) is 28.3. The molecular formula is C32H38N6O3. The molecular weight excluding hydrogens is 516 g/mol. The zero-order valence-corrected chi connectivity index (χ0v) is 24.2. The Morgan fingerprint density at radius 2 is 2.02 bits per heavy atom. The molecule has 1 saturated heterocycles. The Kier molecular flexibility index (Phi) is 8.08. The molecule has 214 valence electrons. The Bertz CT molecular complexity index is 1480. The zero-order valence-electron chi connectivity index (χ0n) is 24.2. The van der Waals surface area contributed by atoms with Gasteiger partial charge in [-0.2, -0.15) is 4.98 Å². The van der Waals surface area contributed by atoms with Crippen molar-refractivity contribution in [1.82, 2.24) is 14.9 Å². The van der Waals surface area contributed by atoms with Gasteiger partial charge in [0, 0.05) is 49.9 Å². The van der Waals surface area contributed by atoms with E-state index in [0.717, 1.165) is 59.6 Å². The van der Waals surface area contributed by atoms with Crippen molar-refractivity contribution in [2.24, 2.45) is 0 Å². The third-order valence-corrected chi connectivity index (χ3v) is 8.16. The molecule has 2 aliphatic heterocycles. The lowest BCUT2D eigenvalue weighted by Crippen LogP contribution is -2.39. The average Bonchev–Trinajstić information content (AvgIpc) is 3.21. The Hall–Kier alpha value is -4.24. The minimum atomic E-state index is -0.602. The molecule has 9 nitrogen and oxygen atoms in total. The van der Waals surface area contributed by atoms with Gasteiger partial charge in [-0.05, 0) is 73.9 Å². The molecule has 3 N–H and O–H groups in total. The summed E-state index contributed by atoms with van der Waals surface area (Å²) in [5, 5.41) is 9.80. The van der Waals surface area contributed by atoms with Crippen LogP contribution >= 0.6 is 0 Å². The highest BCUT2D eigenvalue weighted by molar-refractivity contribution is 6.06. The van der Waals surface area contributed by atoms with Crippen LogP contribution in [0.4, 0.5) is 23.1 Å². The normalized spacial score (nSPS) is 16.2. The number of likely N-dealkylation sites (tertiary alicyclic amines) is 1. The molecule has 5 rings (SSSR count). The van der Waals surface area contributed by atoms with E-state index in [-0.39, 0.29) is 18.4 Å². The Morgan fingerprint density at radius 1 is 1.24 bits per heavy atom. The number of carbonyl (C=O) groups excluding carboxylic acids is 2. The molecule has 0 spiro atoms. The second kappa shape index (κ2) is 11.7. The topological polar surface area (TPSA) is 108 Å². The highest BCUT2D eigenvalue weighted by Gasteiger charge is 2.39. The number of carbonyl (C=O) groups is 2. The molecule has 2 aromatic carbocycles. The van der Waals surface area contributed by atoms with E-state index in [9.17, 15) is 9.59 Å². The summed E-state index contributed by atoms with van der Waals surface area (Å²) in [5.74, 6) is 1.62. The fourth-order valence-corrected chi connectivity index (χ4v) is 5.78. The quantitative estimate of drug-likeness (QED) is 0.327. The lowest BCUT2D eigenvalue weighted by atomic mass is 9.83. The van der Waals surface area contributed by atoms with Crippen LogP contribution in [-0.4, -0.2) is 53.5 Å². The number of amides is 2. The molecule has 0 bridgehead atoms. The summed E-state index contributed by atoms with van der Waals surface area (Å²) < 4.78 is 5.00. The number of anilines is 4. The number of piperidine rings is 1. The second-order valence-electron chi connectivity index (χ2n) is 11.3. The summed E-state index contributed by atoms with van der Waals surface area (Å²) >= 11 is 0. The Morgan fingerprint density at radius 3 is 2.73 bits per heavy atom. The van der Waals surface area contributed by atoms with Gasteiger partial charge in [0.2, 0.25) is 17.8 Å².